The van der Waals surface area contributed by atoms with Gasteiger partial charge < -0.3 is 5.32 Å². The topological polar surface area (TPSA) is 29.9 Å². The van der Waals surface area contributed by atoms with Gasteiger partial charge in [0.15, 0.2) is 0 Å². The van der Waals surface area contributed by atoms with Crippen LogP contribution in [0.3, 0.4) is 0 Å². The monoisotopic (exact) mass is 327 g/mol. The van der Waals surface area contributed by atoms with Gasteiger partial charge in [-0.05, 0) is 31.5 Å². The van der Waals surface area contributed by atoms with E-state index < -0.39 is 0 Å². The summed E-state index contributed by atoms with van der Waals surface area (Å²) in [6.07, 6.45) is 3.03. The summed E-state index contributed by atoms with van der Waals surface area (Å²) in [5.74, 6) is 0.832. The van der Waals surface area contributed by atoms with Crippen LogP contribution in [-0.2, 0) is 0 Å². The van der Waals surface area contributed by atoms with Gasteiger partial charge in [-0.2, -0.15) is 0 Å². The third-order valence-electron chi connectivity index (χ3n) is 2.53. The largest absolute Gasteiger partial charge is 0.355 e. The first-order valence-electron chi connectivity index (χ1n) is 5.87. The maximum Gasteiger partial charge on any atom is 0.207 e. The molecular weight excluding hydrogens is 314 g/mol. The molecule has 0 aliphatic rings. The van der Waals surface area contributed by atoms with Crippen molar-refractivity contribution in [3.8, 4) is 5.69 Å². The SMILES string of the molecule is CCCNc1nc(C)cn1-c1ccc(Br)cc1Cl. The summed E-state index contributed by atoms with van der Waals surface area (Å²) in [5.41, 5.74) is 1.90. The van der Waals surface area contributed by atoms with Crippen molar-refractivity contribution in [3.63, 3.8) is 0 Å². The number of hydrogen-bond acceptors (Lipinski definition) is 2. The molecule has 0 saturated heterocycles. The molecule has 96 valence electrons. The highest BCUT2D eigenvalue weighted by molar-refractivity contribution is 9.10. The molecule has 0 bridgehead atoms. The van der Waals surface area contributed by atoms with E-state index in [1.807, 2.05) is 35.9 Å². The minimum Gasteiger partial charge on any atom is -0.355 e. The molecule has 1 aromatic heterocycles. The van der Waals surface area contributed by atoms with E-state index in [9.17, 15) is 0 Å². The smallest absolute Gasteiger partial charge is 0.207 e. The third-order valence-corrected chi connectivity index (χ3v) is 3.32. The number of aromatic nitrogens is 2. The average molecular weight is 329 g/mol. The van der Waals surface area contributed by atoms with Crippen LogP contribution < -0.4 is 5.32 Å². The maximum absolute atomic E-state index is 6.27. The highest BCUT2D eigenvalue weighted by Gasteiger charge is 2.10. The van der Waals surface area contributed by atoms with Crippen LogP contribution in [0.5, 0.6) is 0 Å². The summed E-state index contributed by atoms with van der Waals surface area (Å²) >= 11 is 9.68. The van der Waals surface area contributed by atoms with Crippen LogP contribution in [0.1, 0.15) is 19.0 Å². The van der Waals surface area contributed by atoms with Crippen molar-refractivity contribution in [2.24, 2.45) is 0 Å². The fraction of sp³-hybridized carbons (Fsp3) is 0.308. The van der Waals surface area contributed by atoms with E-state index in [0.29, 0.717) is 5.02 Å². The van der Waals surface area contributed by atoms with E-state index in [-0.39, 0.29) is 0 Å². The van der Waals surface area contributed by atoms with Crippen LogP contribution in [0, 0.1) is 6.92 Å². The molecule has 1 N–H and O–H groups in total. The van der Waals surface area contributed by atoms with Crippen molar-refractivity contribution in [2.75, 3.05) is 11.9 Å². The summed E-state index contributed by atoms with van der Waals surface area (Å²) < 4.78 is 2.95. The molecule has 1 heterocycles. The predicted molar refractivity (Wildman–Crippen MR) is 79.8 cm³/mol. The molecule has 3 nitrogen and oxygen atoms in total. The first-order valence-corrected chi connectivity index (χ1v) is 7.04. The first-order chi connectivity index (χ1) is 8.61. The Bertz CT molecular complexity index is 551. The van der Waals surface area contributed by atoms with Crippen LogP contribution in [0.15, 0.2) is 28.9 Å². The molecule has 0 spiro atoms. The van der Waals surface area contributed by atoms with Crippen LogP contribution in [0.2, 0.25) is 5.02 Å². The van der Waals surface area contributed by atoms with Crippen molar-refractivity contribution < 1.29 is 0 Å². The van der Waals surface area contributed by atoms with Crippen LogP contribution >= 0.6 is 27.5 Å². The zero-order chi connectivity index (χ0) is 13.1. The van der Waals surface area contributed by atoms with Gasteiger partial charge in [0.05, 0.1) is 16.4 Å². The van der Waals surface area contributed by atoms with E-state index >= 15 is 0 Å². The molecule has 5 heteroatoms. The quantitative estimate of drug-likeness (QED) is 0.900. The number of benzene rings is 1. The second-order valence-electron chi connectivity index (χ2n) is 4.10. The zero-order valence-electron chi connectivity index (χ0n) is 10.4. The summed E-state index contributed by atoms with van der Waals surface area (Å²) in [7, 11) is 0. The predicted octanol–water partition coefficient (Wildman–Crippen LogP) is 4.42. The number of nitrogens with zero attached hydrogens (tertiary/aromatic N) is 2. The fourth-order valence-corrected chi connectivity index (χ4v) is 2.48. The Morgan fingerprint density at radius 3 is 2.89 bits per heavy atom. The number of hydrogen-bond donors (Lipinski definition) is 1. The molecule has 2 aromatic rings. The minimum atomic E-state index is 0.696. The van der Waals surface area contributed by atoms with E-state index in [0.717, 1.165) is 34.8 Å². The maximum atomic E-state index is 6.27. The molecule has 2 rings (SSSR count). The first kappa shape index (κ1) is 13.4. The zero-order valence-corrected chi connectivity index (χ0v) is 12.7. The normalized spacial score (nSPS) is 10.7. The number of halogens is 2. The minimum absolute atomic E-state index is 0.696. The molecule has 0 fully saturated rings. The Hall–Kier alpha value is -1.000. The van der Waals surface area contributed by atoms with Crippen molar-refractivity contribution in [3.05, 3.63) is 39.6 Å². The Morgan fingerprint density at radius 1 is 1.44 bits per heavy atom. The molecule has 1 aromatic carbocycles. The van der Waals surface area contributed by atoms with Crippen LogP contribution in [-0.4, -0.2) is 16.1 Å². The molecule has 0 radical (unpaired) electrons. The highest BCUT2D eigenvalue weighted by atomic mass is 79.9. The van der Waals surface area contributed by atoms with Crippen LogP contribution in [0.4, 0.5) is 5.95 Å². The number of imidazole rings is 1. The van der Waals surface area contributed by atoms with Gasteiger partial charge in [-0.15, -0.1) is 0 Å². The molecule has 0 amide bonds. The van der Waals surface area contributed by atoms with Gasteiger partial charge in [0.1, 0.15) is 0 Å². The van der Waals surface area contributed by atoms with Crippen LogP contribution in [0.25, 0.3) is 5.69 Å². The molecular formula is C13H15BrClN3. The number of rotatable bonds is 4. The van der Waals surface area contributed by atoms with Crippen molar-refractivity contribution in [2.45, 2.75) is 20.3 Å². The summed E-state index contributed by atoms with van der Waals surface area (Å²) in [6.45, 7) is 4.99. The van der Waals surface area contributed by atoms with Crippen molar-refractivity contribution in [1.29, 1.82) is 0 Å². The molecule has 0 unspecified atom stereocenters. The lowest BCUT2D eigenvalue weighted by atomic mass is 10.3. The molecule has 0 aliphatic heterocycles. The Kier molecular flexibility index (Phi) is 4.30. The molecule has 0 saturated carbocycles. The Labute approximate surface area is 120 Å². The van der Waals surface area contributed by atoms with E-state index in [2.05, 4.69) is 33.2 Å². The van der Waals surface area contributed by atoms with Gasteiger partial charge in [0.25, 0.3) is 0 Å². The van der Waals surface area contributed by atoms with E-state index in [1.54, 1.807) is 0 Å². The van der Waals surface area contributed by atoms with E-state index in [1.165, 1.54) is 0 Å². The van der Waals surface area contributed by atoms with Gasteiger partial charge in [0, 0.05) is 17.2 Å². The fourth-order valence-electron chi connectivity index (χ4n) is 1.72. The molecule has 18 heavy (non-hydrogen) atoms. The Balaban J connectivity index is 2.42. The molecule has 0 aliphatic carbocycles. The highest BCUT2D eigenvalue weighted by Crippen LogP contribution is 2.27. The van der Waals surface area contributed by atoms with Gasteiger partial charge in [-0.1, -0.05) is 34.5 Å². The van der Waals surface area contributed by atoms with Crippen molar-refractivity contribution >= 4 is 33.5 Å². The van der Waals surface area contributed by atoms with Gasteiger partial charge in [0.2, 0.25) is 5.95 Å². The average Bonchev–Trinajstić information content (AvgIpc) is 2.67. The molecule has 0 atom stereocenters. The summed E-state index contributed by atoms with van der Waals surface area (Å²) in [6, 6.07) is 5.83. The second kappa shape index (κ2) is 5.76. The van der Waals surface area contributed by atoms with E-state index in [4.69, 9.17) is 11.6 Å². The third kappa shape index (κ3) is 2.87. The second-order valence-corrected chi connectivity index (χ2v) is 5.42. The number of nitrogens with one attached hydrogen (secondary N) is 1. The standard InChI is InChI=1S/C13H15BrClN3/c1-3-6-16-13-17-9(2)8-18(13)12-5-4-10(14)7-11(12)15/h4-5,7-8H,3,6H2,1-2H3,(H,16,17). The van der Waals surface area contributed by atoms with Gasteiger partial charge in [-0.25, -0.2) is 4.98 Å². The summed E-state index contributed by atoms with van der Waals surface area (Å²) in [5, 5.41) is 4.00. The number of aryl methyl sites for hydroxylation is 1. The van der Waals surface area contributed by atoms with Gasteiger partial charge >= 0.3 is 0 Å². The lowest BCUT2D eigenvalue weighted by Crippen LogP contribution is -2.06. The Morgan fingerprint density at radius 2 is 2.22 bits per heavy atom. The van der Waals surface area contributed by atoms with Crippen molar-refractivity contribution in [1.82, 2.24) is 9.55 Å². The lowest BCUT2D eigenvalue weighted by Gasteiger charge is -2.10. The number of anilines is 1. The summed E-state index contributed by atoms with van der Waals surface area (Å²) in [4.78, 5) is 4.47. The van der Waals surface area contributed by atoms with Gasteiger partial charge in [-0.3, -0.25) is 4.57 Å². The lowest BCUT2D eigenvalue weighted by molar-refractivity contribution is 0.936.